The number of hydrogen-bond donors (Lipinski definition) is 0. The summed E-state index contributed by atoms with van der Waals surface area (Å²) in [5.41, 5.74) is 1.91. The molecule has 4 nitrogen and oxygen atoms in total. The number of fused-ring (bicyclic) bond motifs is 1. The van der Waals surface area contributed by atoms with Crippen molar-refractivity contribution in [2.24, 2.45) is 0 Å². The summed E-state index contributed by atoms with van der Waals surface area (Å²) in [4.78, 5) is 0. The van der Waals surface area contributed by atoms with Gasteiger partial charge in [0.1, 0.15) is 12.2 Å². The van der Waals surface area contributed by atoms with Crippen molar-refractivity contribution in [3.8, 4) is 0 Å². The molecule has 2 rings (SSSR count). The minimum Gasteiger partial charge on any atom is -0.354 e. The molecule has 0 aliphatic heterocycles. The summed E-state index contributed by atoms with van der Waals surface area (Å²) in [5, 5.41) is 9.94. The second-order valence-corrected chi connectivity index (χ2v) is 11.9. The largest absolute Gasteiger partial charge is 0.354 e. The molecule has 0 spiro atoms. The second kappa shape index (κ2) is 4.72. The lowest BCUT2D eigenvalue weighted by Crippen LogP contribution is -2.38. The molecular formula is C14H23N3OSi. The van der Waals surface area contributed by atoms with Crippen LogP contribution >= 0.6 is 0 Å². The van der Waals surface area contributed by atoms with Gasteiger partial charge in [0.05, 0.1) is 19.2 Å². The maximum Gasteiger partial charge on any atom is 0.142 e. The first-order valence-corrected chi connectivity index (χ1v) is 10.2. The highest BCUT2D eigenvalue weighted by Crippen LogP contribution is 2.15. The van der Waals surface area contributed by atoms with E-state index < -0.39 is 8.07 Å². The fraction of sp³-hybridized carbons (Fsp3) is 0.571. The van der Waals surface area contributed by atoms with Crippen LogP contribution in [0.15, 0.2) is 18.2 Å². The van der Waals surface area contributed by atoms with E-state index in [1.54, 1.807) is 0 Å². The van der Waals surface area contributed by atoms with Gasteiger partial charge in [0, 0.05) is 0 Å². The zero-order valence-corrected chi connectivity index (χ0v) is 13.7. The van der Waals surface area contributed by atoms with E-state index >= 15 is 0 Å². The lowest BCUT2D eigenvalue weighted by Gasteiger charge is -2.19. The summed E-state index contributed by atoms with van der Waals surface area (Å²) in [5.74, 6) is 0. The average molecular weight is 277 g/mol. The monoisotopic (exact) mass is 277 g/mol. The molecule has 0 unspecified atom stereocenters. The molecule has 2 aromatic rings. The van der Waals surface area contributed by atoms with Gasteiger partial charge in [0.2, 0.25) is 0 Å². The minimum absolute atomic E-state index is 0.172. The van der Waals surface area contributed by atoms with Gasteiger partial charge in [0.25, 0.3) is 0 Å². The molecule has 0 bridgehead atoms. The molecule has 0 N–H and O–H groups in total. The number of benzene rings is 1. The third-order valence-corrected chi connectivity index (χ3v) is 4.99. The summed E-state index contributed by atoms with van der Waals surface area (Å²) in [7, 11) is -1.40. The van der Waals surface area contributed by atoms with Crippen LogP contribution in [0.5, 0.6) is 0 Å². The van der Waals surface area contributed by atoms with E-state index in [1.807, 2.05) is 25.5 Å². The average Bonchev–Trinajstić information content (AvgIpc) is 2.66. The van der Waals surface area contributed by atoms with E-state index in [-0.39, 0.29) is 5.60 Å². The summed E-state index contributed by atoms with van der Waals surface area (Å²) in [6.07, 6.45) is 0. The summed E-state index contributed by atoms with van der Waals surface area (Å²) in [6.45, 7) is 13.5. The van der Waals surface area contributed by atoms with Crippen molar-refractivity contribution >= 4 is 24.3 Å². The van der Waals surface area contributed by atoms with Gasteiger partial charge in [0.15, 0.2) is 0 Å². The molecule has 0 amide bonds. The third-order valence-electron chi connectivity index (χ3n) is 2.97. The predicted molar refractivity (Wildman–Crippen MR) is 81.3 cm³/mol. The maximum absolute atomic E-state index is 5.78. The Kier molecular flexibility index (Phi) is 3.53. The molecule has 0 fully saturated rings. The molecule has 1 aromatic heterocycles. The van der Waals surface area contributed by atoms with E-state index in [0.717, 1.165) is 11.0 Å². The van der Waals surface area contributed by atoms with Crippen LogP contribution in [0.25, 0.3) is 11.0 Å². The number of rotatable bonds is 3. The Labute approximate surface area is 115 Å². The molecule has 0 aliphatic rings. The molecule has 0 radical (unpaired) electrons. The molecule has 104 valence electrons. The molecule has 1 aromatic carbocycles. The number of ether oxygens (including phenoxy) is 1. The van der Waals surface area contributed by atoms with Gasteiger partial charge in [-0.05, 0) is 32.0 Å². The van der Waals surface area contributed by atoms with Crippen LogP contribution in [0, 0.1) is 0 Å². The Hall–Kier alpha value is -1.20. The van der Waals surface area contributed by atoms with Crippen molar-refractivity contribution in [1.82, 2.24) is 15.0 Å². The zero-order valence-electron chi connectivity index (χ0n) is 12.7. The predicted octanol–water partition coefficient (Wildman–Crippen LogP) is 2.75. The summed E-state index contributed by atoms with van der Waals surface area (Å²) < 4.78 is 7.62. The van der Waals surface area contributed by atoms with Gasteiger partial charge in [-0.2, -0.15) is 0 Å². The van der Waals surface area contributed by atoms with Crippen molar-refractivity contribution in [3.05, 3.63) is 18.2 Å². The number of hydrogen-bond acceptors (Lipinski definition) is 3. The van der Waals surface area contributed by atoms with Crippen LogP contribution in [-0.2, 0) is 11.5 Å². The van der Waals surface area contributed by atoms with E-state index in [0.29, 0.717) is 6.73 Å². The summed E-state index contributed by atoms with van der Waals surface area (Å²) in [6, 6.07) is 6.33. The zero-order chi connectivity index (χ0) is 14.3. The van der Waals surface area contributed by atoms with Gasteiger partial charge in [-0.1, -0.05) is 37.0 Å². The fourth-order valence-electron chi connectivity index (χ4n) is 1.95. The minimum atomic E-state index is -1.40. The molecule has 0 saturated heterocycles. The second-order valence-electron chi connectivity index (χ2n) is 6.90. The maximum atomic E-state index is 5.78. The highest BCUT2D eigenvalue weighted by atomic mass is 28.3. The van der Waals surface area contributed by atoms with Crippen LogP contribution in [-0.4, -0.2) is 28.7 Å². The fourth-order valence-corrected chi connectivity index (χ4v) is 3.43. The first-order valence-electron chi connectivity index (χ1n) is 6.65. The van der Waals surface area contributed by atoms with Crippen molar-refractivity contribution in [1.29, 1.82) is 0 Å². The van der Waals surface area contributed by atoms with Crippen LogP contribution in [0.4, 0.5) is 0 Å². The van der Waals surface area contributed by atoms with E-state index in [4.69, 9.17) is 4.74 Å². The standard InChI is InChI=1S/C14H23N3OSi/c1-14(2,3)18-10-17-11-8-7-9-12(19(4,5)6)13(11)15-16-17/h7-9H,10H2,1-6H3. The Morgan fingerprint density at radius 2 is 1.89 bits per heavy atom. The first-order chi connectivity index (χ1) is 8.68. The van der Waals surface area contributed by atoms with Crippen LogP contribution < -0.4 is 5.19 Å². The van der Waals surface area contributed by atoms with Crippen molar-refractivity contribution in [2.75, 3.05) is 0 Å². The molecule has 1 heterocycles. The lowest BCUT2D eigenvalue weighted by atomic mass is 10.2. The molecule has 5 heteroatoms. The highest BCUT2D eigenvalue weighted by Gasteiger charge is 2.22. The molecule has 0 aliphatic carbocycles. The Bertz CT molecular complexity index is 578. The van der Waals surface area contributed by atoms with Gasteiger partial charge in [-0.15, -0.1) is 5.10 Å². The normalized spacial score (nSPS) is 13.2. The Morgan fingerprint density at radius 1 is 1.21 bits per heavy atom. The van der Waals surface area contributed by atoms with Crippen LogP contribution in [0.3, 0.4) is 0 Å². The molecule has 0 atom stereocenters. The molecule has 19 heavy (non-hydrogen) atoms. The van der Waals surface area contributed by atoms with Gasteiger partial charge < -0.3 is 4.74 Å². The highest BCUT2D eigenvalue weighted by molar-refractivity contribution is 6.90. The van der Waals surface area contributed by atoms with Gasteiger partial charge in [-0.3, -0.25) is 0 Å². The van der Waals surface area contributed by atoms with Gasteiger partial charge >= 0.3 is 0 Å². The topological polar surface area (TPSA) is 39.9 Å². The van der Waals surface area contributed by atoms with Gasteiger partial charge in [-0.25, -0.2) is 4.68 Å². The SMILES string of the molecule is CC(C)(C)OCn1nnc2c([Si](C)(C)C)cccc21. The van der Waals surface area contributed by atoms with Crippen molar-refractivity contribution in [3.63, 3.8) is 0 Å². The van der Waals surface area contributed by atoms with E-state index in [1.165, 1.54) is 5.19 Å². The summed E-state index contributed by atoms with van der Waals surface area (Å²) >= 11 is 0. The quantitative estimate of drug-likeness (QED) is 0.810. The first kappa shape index (κ1) is 14.2. The smallest absolute Gasteiger partial charge is 0.142 e. The number of nitrogens with zero attached hydrogens (tertiary/aromatic N) is 3. The van der Waals surface area contributed by atoms with Crippen LogP contribution in [0.2, 0.25) is 19.6 Å². The molecule has 0 saturated carbocycles. The Balaban J connectivity index is 2.39. The van der Waals surface area contributed by atoms with Crippen molar-refractivity contribution < 1.29 is 4.74 Å². The lowest BCUT2D eigenvalue weighted by molar-refractivity contribution is -0.0468. The van der Waals surface area contributed by atoms with Crippen molar-refractivity contribution in [2.45, 2.75) is 52.7 Å². The van der Waals surface area contributed by atoms with E-state index in [9.17, 15) is 0 Å². The number of aromatic nitrogens is 3. The van der Waals surface area contributed by atoms with E-state index in [2.05, 4.69) is 48.2 Å². The van der Waals surface area contributed by atoms with Crippen LogP contribution in [0.1, 0.15) is 20.8 Å². The Morgan fingerprint density at radius 3 is 2.47 bits per heavy atom. The molecular weight excluding hydrogens is 254 g/mol. The third kappa shape index (κ3) is 3.22.